The molecule has 1 N–H and O–H groups in total. The maximum atomic E-state index is 12.5. The van der Waals surface area contributed by atoms with Crippen molar-refractivity contribution in [3.05, 3.63) is 35.1 Å². The van der Waals surface area contributed by atoms with Crippen molar-refractivity contribution < 1.29 is 18.4 Å². The molecule has 0 amide bonds. The van der Waals surface area contributed by atoms with E-state index in [1.807, 2.05) is 0 Å². The highest BCUT2D eigenvalue weighted by Crippen LogP contribution is 2.15. The summed E-state index contributed by atoms with van der Waals surface area (Å²) in [5, 5.41) is 10.1. The molecule has 1 rings (SSSR count). The van der Waals surface area contributed by atoms with Crippen LogP contribution in [0.1, 0.15) is 5.56 Å². The number of hydrogen-bond acceptors (Lipinski definition) is 2. The van der Waals surface area contributed by atoms with Gasteiger partial charge in [0.15, 0.2) is 22.6 Å². The van der Waals surface area contributed by atoms with E-state index in [-0.39, 0.29) is 5.56 Å². The molecule has 0 aromatic heterocycles. The average Bonchev–Trinajstić information content (AvgIpc) is 2.12. The molecule has 0 aliphatic heterocycles. The number of oxime groups is 1. The lowest BCUT2D eigenvalue weighted by Gasteiger charge is -1.99. The summed E-state index contributed by atoms with van der Waals surface area (Å²) in [5.74, 6) is -4.38. The van der Waals surface area contributed by atoms with Crippen LogP contribution in [0.5, 0.6) is 0 Å². The first-order valence-corrected chi connectivity index (χ1v) is 3.46. The van der Waals surface area contributed by atoms with E-state index in [0.717, 1.165) is 0 Å². The Balaban J connectivity index is 3.29. The van der Waals surface area contributed by atoms with Crippen LogP contribution in [0.15, 0.2) is 17.3 Å². The molecule has 0 saturated carbocycles. The molecule has 13 heavy (non-hydrogen) atoms. The van der Waals surface area contributed by atoms with E-state index in [2.05, 4.69) is 5.16 Å². The zero-order valence-corrected chi connectivity index (χ0v) is 6.82. The van der Waals surface area contributed by atoms with Crippen LogP contribution in [0.4, 0.5) is 13.2 Å². The molecule has 0 aliphatic rings. The lowest BCUT2D eigenvalue weighted by atomic mass is 10.2. The van der Waals surface area contributed by atoms with Gasteiger partial charge in [0.1, 0.15) is 0 Å². The smallest absolute Gasteiger partial charge is 0.194 e. The maximum Gasteiger partial charge on any atom is 0.194 e. The first-order chi connectivity index (χ1) is 6.06. The quantitative estimate of drug-likeness (QED) is 0.328. The highest BCUT2D eigenvalue weighted by atomic mass is 35.5. The highest BCUT2D eigenvalue weighted by Gasteiger charge is 2.12. The lowest BCUT2D eigenvalue weighted by Crippen LogP contribution is -1.98. The number of rotatable bonds is 1. The summed E-state index contributed by atoms with van der Waals surface area (Å²) in [4.78, 5) is 0. The van der Waals surface area contributed by atoms with Crippen molar-refractivity contribution in [3.8, 4) is 0 Å². The third-order valence-electron chi connectivity index (χ3n) is 1.31. The molecule has 0 aliphatic carbocycles. The topological polar surface area (TPSA) is 32.6 Å². The van der Waals surface area contributed by atoms with E-state index < -0.39 is 22.6 Å². The molecule has 0 fully saturated rings. The van der Waals surface area contributed by atoms with Crippen LogP contribution < -0.4 is 0 Å². The van der Waals surface area contributed by atoms with Crippen LogP contribution in [0, 0.1) is 17.5 Å². The summed E-state index contributed by atoms with van der Waals surface area (Å²) < 4.78 is 37.4. The molecule has 0 atom stereocenters. The van der Waals surface area contributed by atoms with Gasteiger partial charge < -0.3 is 5.21 Å². The van der Waals surface area contributed by atoms with Crippen LogP contribution in [0.2, 0.25) is 0 Å². The van der Waals surface area contributed by atoms with E-state index in [0.29, 0.717) is 12.1 Å². The molecule has 1 aromatic rings. The molecule has 0 spiro atoms. The van der Waals surface area contributed by atoms with Gasteiger partial charge in [-0.25, -0.2) is 13.2 Å². The van der Waals surface area contributed by atoms with Gasteiger partial charge in [-0.2, -0.15) is 0 Å². The number of halogens is 4. The van der Waals surface area contributed by atoms with Crippen molar-refractivity contribution in [2.45, 2.75) is 0 Å². The monoisotopic (exact) mass is 209 g/mol. The predicted octanol–water partition coefficient (Wildman–Crippen LogP) is 2.48. The molecule has 70 valence electrons. The Kier molecular flexibility index (Phi) is 2.77. The summed E-state index contributed by atoms with van der Waals surface area (Å²) in [5.41, 5.74) is -0.236. The minimum absolute atomic E-state index is 0.236. The standard InChI is InChI=1S/C7H3ClF3NO/c8-7(12-13)3-1-4(9)6(11)5(10)2-3/h1-2,13H/b12-7+. The van der Waals surface area contributed by atoms with E-state index in [1.165, 1.54) is 0 Å². The van der Waals surface area contributed by atoms with Gasteiger partial charge in [0.05, 0.1) is 0 Å². The molecule has 0 radical (unpaired) electrons. The average molecular weight is 210 g/mol. The maximum absolute atomic E-state index is 12.5. The SMILES string of the molecule is O/N=C(/Cl)c1cc(F)c(F)c(F)c1. The molecule has 6 heteroatoms. The molecule has 0 unspecified atom stereocenters. The fraction of sp³-hybridized carbons (Fsp3) is 0. The summed E-state index contributed by atoms with van der Waals surface area (Å²) in [6.45, 7) is 0. The van der Waals surface area contributed by atoms with Crippen LogP contribution in [0.25, 0.3) is 0 Å². The fourth-order valence-electron chi connectivity index (χ4n) is 0.732. The number of benzene rings is 1. The van der Waals surface area contributed by atoms with Crippen molar-refractivity contribution in [2.75, 3.05) is 0 Å². The van der Waals surface area contributed by atoms with Gasteiger partial charge in [-0.3, -0.25) is 0 Å². The Bertz CT molecular complexity index is 344. The van der Waals surface area contributed by atoms with Crippen molar-refractivity contribution >= 4 is 16.8 Å². The van der Waals surface area contributed by atoms with Gasteiger partial charge in [0.25, 0.3) is 0 Å². The van der Waals surface area contributed by atoms with Gasteiger partial charge in [0, 0.05) is 5.56 Å². The zero-order chi connectivity index (χ0) is 10.0. The number of hydrogen-bond donors (Lipinski definition) is 1. The second kappa shape index (κ2) is 3.66. The van der Waals surface area contributed by atoms with Gasteiger partial charge in [-0.1, -0.05) is 16.8 Å². The van der Waals surface area contributed by atoms with Gasteiger partial charge >= 0.3 is 0 Å². The molecule has 0 bridgehead atoms. The first kappa shape index (κ1) is 9.85. The van der Waals surface area contributed by atoms with Crippen molar-refractivity contribution in [1.29, 1.82) is 0 Å². The van der Waals surface area contributed by atoms with E-state index in [4.69, 9.17) is 16.8 Å². The minimum Gasteiger partial charge on any atom is -0.410 e. The summed E-state index contributed by atoms with van der Waals surface area (Å²) in [7, 11) is 0. The molecular weight excluding hydrogens is 207 g/mol. The molecule has 1 aromatic carbocycles. The zero-order valence-electron chi connectivity index (χ0n) is 6.06. The highest BCUT2D eigenvalue weighted by molar-refractivity contribution is 6.69. The predicted molar refractivity (Wildman–Crippen MR) is 40.5 cm³/mol. The normalized spacial score (nSPS) is 11.8. The third kappa shape index (κ3) is 1.92. The number of nitrogens with zero attached hydrogens (tertiary/aromatic N) is 1. The molecule has 0 heterocycles. The molecule has 0 saturated heterocycles. The fourth-order valence-corrected chi connectivity index (χ4v) is 0.841. The van der Waals surface area contributed by atoms with Gasteiger partial charge in [-0.05, 0) is 12.1 Å². The van der Waals surface area contributed by atoms with Crippen LogP contribution >= 0.6 is 11.6 Å². The summed E-state index contributed by atoms with van der Waals surface area (Å²) in [6.07, 6.45) is 0. The Morgan fingerprint density at radius 1 is 1.23 bits per heavy atom. The van der Waals surface area contributed by atoms with E-state index in [1.54, 1.807) is 0 Å². The Labute approximate surface area is 76.2 Å². The minimum atomic E-state index is -1.59. The summed E-state index contributed by atoms with van der Waals surface area (Å²) in [6, 6.07) is 1.25. The van der Waals surface area contributed by atoms with Crippen LogP contribution in [0.3, 0.4) is 0 Å². The Morgan fingerprint density at radius 3 is 2.08 bits per heavy atom. The van der Waals surface area contributed by atoms with Gasteiger partial charge in [0.2, 0.25) is 0 Å². The van der Waals surface area contributed by atoms with E-state index in [9.17, 15) is 13.2 Å². The molecular formula is C7H3ClF3NO. The van der Waals surface area contributed by atoms with Crippen molar-refractivity contribution in [1.82, 2.24) is 0 Å². The van der Waals surface area contributed by atoms with Crippen LogP contribution in [-0.4, -0.2) is 10.4 Å². The second-order valence-corrected chi connectivity index (χ2v) is 2.50. The Hall–Kier alpha value is -1.23. The first-order valence-electron chi connectivity index (χ1n) is 3.08. The van der Waals surface area contributed by atoms with Crippen molar-refractivity contribution in [3.63, 3.8) is 0 Å². The lowest BCUT2D eigenvalue weighted by molar-refractivity contribution is 0.320. The summed E-state index contributed by atoms with van der Waals surface area (Å²) >= 11 is 5.23. The second-order valence-electron chi connectivity index (χ2n) is 2.14. The molecule has 2 nitrogen and oxygen atoms in total. The van der Waals surface area contributed by atoms with Gasteiger partial charge in [-0.15, -0.1) is 0 Å². The van der Waals surface area contributed by atoms with Crippen molar-refractivity contribution in [2.24, 2.45) is 5.16 Å². The Morgan fingerprint density at radius 2 is 1.69 bits per heavy atom. The van der Waals surface area contributed by atoms with Crippen LogP contribution in [-0.2, 0) is 0 Å². The van der Waals surface area contributed by atoms with E-state index >= 15 is 0 Å². The third-order valence-corrected chi connectivity index (χ3v) is 1.60. The largest absolute Gasteiger partial charge is 0.410 e.